The molecule has 18 heavy (non-hydrogen) atoms. The van der Waals surface area contributed by atoms with Crippen molar-refractivity contribution in [3.63, 3.8) is 0 Å². The summed E-state index contributed by atoms with van der Waals surface area (Å²) in [4.78, 5) is 0. The average molecular weight is 534 g/mol. The zero-order valence-corrected chi connectivity index (χ0v) is 18.6. The highest BCUT2D eigenvalue weighted by molar-refractivity contribution is 9.25. The largest absolute Gasteiger partial charge is 0.770 e. The highest BCUT2D eigenvalue weighted by atomic mass is 79.9. The molecule has 0 aliphatic heterocycles. The van der Waals surface area contributed by atoms with Crippen LogP contribution in [0.15, 0.2) is 0 Å². The van der Waals surface area contributed by atoms with Gasteiger partial charge in [0.2, 0.25) is 6.84 Å². The van der Waals surface area contributed by atoms with E-state index in [1.54, 1.807) is 0 Å². The highest BCUT2D eigenvalue weighted by Crippen LogP contribution is 2.47. The summed E-state index contributed by atoms with van der Waals surface area (Å²) in [5, 5.41) is 0. The van der Waals surface area contributed by atoms with Crippen LogP contribution in [-0.2, 0) is 13.3 Å². The molecule has 0 aliphatic rings. The van der Waals surface area contributed by atoms with E-state index in [2.05, 4.69) is 63.7 Å². The first kappa shape index (κ1) is 19.5. The molecule has 0 atom stereocenters. The Morgan fingerprint density at radius 1 is 0.722 bits per heavy atom. The van der Waals surface area contributed by atoms with Crippen molar-refractivity contribution >= 4 is 72.9 Å². The second-order valence-electron chi connectivity index (χ2n) is 5.99. The van der Waals surface area contributed by atoms with E-state index in [1.165, 1.54) is 0 Å². The van der Waals surface area contributed by atoms with E-state index >= 15 is 0 Å². The lowest BCUT2D eigenvalue weighted by Gasteiger charge is -2.37. The SMILES string of the molecule is CC(C)(C)C(Br)(Br)O[Si](=O)OC(Br)(Br)C(C)(C)C. The van der Waals surface area contributed by atoms with E-state index in [9.17, 15) is 4.46 Å². The third-order valence-corrected chi connectivity index (χ3v) is 9.72. The maximum absolute atomic E-state index is 12.0. The Hall–Kier alpha value is 1.54. The molecule has 0 N–H and O–H groups in total. The quantitative estimate of drug-likeness (QED) is 0.358. The molecule has 0 aromatic rings. The van der Waals surface area contributed by atoms with Crippen molar-refractivity contribution in [1.29, 1.82) is 0 Å². The topological polar surface area (TPSA) is 35.5 Å². The average Bonchev–Trinajstić information content (AvgIpc) is 1.95. The van der Waals surface area contributed by atoms with Gasteiger partial charge >= 0.3 is 9.17 Å². The fraction of sp³-hybridized carbons (Fsp3) is 1.00. The van der Waals surface area contributed by atoms with Crippen LogP contribution in [0.3, 0.4) is 0 Å². The summed E-state index contributed by atoms with van der Waals surface area (Å²) < 4.78 is 21.0. The van der Waals surface area contributed by atoms with Crippen molar-refractivity contribution in [1.82, 2.24) is 0 Å². The van der Waals surface area contributed by atoms with Crippen LogP contribution in [0.25, 0.3) is 0 Å². The van der Waals surface area contributed by atoms with Gasteiger partial charge in [0.1, 0.15) is 0 Å². The lowest BCUT2D eigenvalue weighted by atomic mass is 9.99. The van der Waals surface area contributed by atoms with Gasteiger partial charge in [-0.1, -0.05) is 41.5 Å². The molecule has 0 saturated carbocycles. The fourth-order valence-corrected chi connectivity index (χ4v) is 3.20. The minimum absolute atomic E-state index is 0.292. The maximum atomic E-state index is 12.0. The van der Waals surface area contributed by atoms with E-state index in [0.29, 0.717) is 0 Å². The second-order valence-corrected chi connectivity index (χ2v) is 13.5. The molecule has 0 radical (unpaired) electrons. The molecule has 0 aromatic heterocycles. The summed E-state index contributed by atoms with van der Waals surface area (Å²) in [7, 11) is -2.71. The third-order valence-electron chi connectivity index (χ3n) is 2.17. The van der Waals surface area contributed by atoms with Crippen molar-refractivity contribution in [2.24, 2.45) is 10.8 Å². The maximum Gasteiger partial charge on any atom is 0.770 e. The Morgan fingerprint density at radius 3 is 1.11 bits per heavy atom. The molecular formula is C10H18Br4O3Si. The number of hydrogen-bond acceptors (Lipinski definition) is 3. The van der Waals surface area contributed by atoms with Crippen LogP contribution in [0.5, 0.6) is 0 Å². The van der Waals surface area contributed by atoms with Gasteiger partial charge in [0.05, 0.1) is 0 Å². The molecule has 108 valence electrons. The summed E-state index contributed by atoms with van der Waals surface area (Å²) in [6, 6.07) is 0. The van der Waals surface area contributed by atoms with Crippen molar-refractivity contribution < 1.29 is 13.3 Å². The molecular weight excluding hydrogens is 516 g/mol. The van der Waals surface area contributed by atoms with Crippen molar-refractivity contribution in [3.8, 4) is 0 Å². The van der Waals surface area contributed by atoms with Crippen LogP contribution in [-0.4, -0.2) is 16.0 Å². The van der Waals surface area contributed by atoms with Crippen LogP contribution in [0.1, 0.15) is 41.5 Å². The molecule has 3 nitrogen and oxygen atoms in total. The van der Waals surface area contributed by atoms with Crippen molar-refractivity contribution in [3.05, 3.63) is 0 Å². The van der Waals surface area contributed by atoms with Gasteiger partial charge in [0.25, 0.3) is 0 Å². The number of halogens is 4. The predicted octanol–water partition coefficient (Wildman–Crippen LogP) is 5.41. The highest BCUT2D eigenvalue weighted by Gasteiger charge is 2.47. The Morgan fingerprint density at radius 2 is 0.944 bits per heavy atom. The lowest BCUT2D eigenvalue weighted by molar-refractivity contribution is 0.0515. The normalized spacial score (nSPS) is 14.3. The molecule has 0 fully saturated rings. The third kappa shape index (κ3) is 5.50. The molecule has 0 rings (SSSR count). The number of alkyl halides is 4. The first-order valence-corrected chi connectivity index (χ1v) is 9.67. The van der Waals surface area contributed by atoms with Crippen LogP contribution in [0, 0.1) is 10.8 Å². The smallest absolute Gasteiger partial charge is 0.470 e. The van der Waals surface area contributed by atoms with E-state index < -0.39 is 16.0 Å². The van der Waals surface area contributed by atoms with Gasteiger partial charge in [0.15, 0.2) is 0 Å². The second kappa shape index (κ2) is 6.11. The number of hydrogen-bond donors (Lipinski definition) is 0. The van der Waals surface area contributed by atoms with Gasteiger partial charge < -0.3 is 8.85 Å². The molecule has 0 heterocycles. The van der Waals surface area contributed by atoms with E-state index in [0.717, 1.165) is 0 Å². The Labute approximate surface area is 144 Å². The van der Waals surface area contributed by atoms with Crippen molar-refractivity contribution in [2.45, 2.75) is 48.4 Å². The van der Waals surface area contributed by atoms with Gasteiger partial charge in [-0.25, -0.2) is 0 Å². The number of rotatable bonds is 4. The van der Waals surface area contributed by atoms with E-state index in [4.69, 9.17) is 8.85 Å². The molecule has 0 saturated heterocycles. The van der Waals surface area contributed by atoms with Gasteiger partial charge in [-0.2, -0.15) is 0 Å². The standard InChI is InChI=1S/C10H18Br4O3Si/c1-7(2,3)9(11,12)16-18(15)17-10(13,14)8(4,5)6/h1-6H3. The van der Waals surface area contributed by atoms with Gasteiger partial charge in [-0.15, -0.1) is 0 Å². The fourth-order valence-electron chi connectivity index (χ4n) is 0.536. The molecule has 0 unspecified atom stereocenters. The molecule has 0 bridgehead atoms. The lowest BCUT2D eigenvalue weighted by Crippen LogP contribution is -2.42. The Kier molecular flexibility index (Phi) is 6.64. The summed E-state index contributed by atoms with van der Waals surface area (Å²) >= 11 is 13.5. The van der Waals surface area contributed by atoms with Gasteiger partial charge in [-0.05, 0) is 63.7 Å². The van der Waals surface area contributed by atoms with Crippen molar-refractivity contribution in [2.75, 3.05) is 0 Å². The first-order valence-electron chi connectivity index (χ1n) is 5.28. The first-order chi connectivity index (χ1) is 7.60. The monoisotopic (exact) mass is 530 g/mol. The summed E-state index contributed by atoms with van der Waals surface area (Å²) in [6.07, 6.45) is 0. The van der Waals surface area contributed by atoms with E-state index in [-0.39, 0.29) is 10.8 Å². The summed E-state index contributed by atoms with van der Waals surface area (Å²) in [6.45, 7) is 11.7. The van der Waals surface area contributed by atoms with Gasteiger partial charge in [-0.3, -0.25) is 4.46 Å². The zero-order valence-electron chi connectivity index (χ0n) is 11.2. The van der Waals surface area contributed by atoms with Crippen LogP contribution >= 0.6 is 63.7 Å². The minimum atomic E-state index is -2.71. The minimum Gasteiger partial charge on any atom is -0.470 e. The van der Waals surface area contributed by atoms with Gasteiger partial charge in [0, 0.05) is 10.8 Å². The van der Waals surface area contributed by atoms with E-state index in [1.807, 2.05) is 41.5 Å². The Balaban J connectivity index is 4.75. The summed E-state index contributed by atoms with van der Waals surface area (Å²) in [5.74, 6) is 0. The van der Waals surface area contributed by atoms with Crippen LogP contribution in [0.2, 0.25) is 0 Å². The molecule has 0 aliphatic carbocycles. The van der Waals surface area contributed by atoms with Crippen LogP contribution < -0.4 is 0 Å². The predicted molar refractivity (Wildman–Crippen MR) is 88.7 cm³/mol. The van der Waals surface area contributed by atoms with Crippen LogP contribution in [0.4, 0.5) is 0 Å². The Bertz CT molecular complexity index is 288. The summed E-state index contributed by atoms with van der Waals surface area (Å²) in [5.41, 5.74) is -0.584. The molecule has 8 heteroatoms. The molecule has 0 spiro atoms. The molecule has 0 amide bonds. The molecule has 0 aromatic carbocycles. The zero-order chi connectivity index (χ0) is 15.0.